The van der Waals surface area contributed by atoms with Gasteiger partial charge < -0.3 is 5.73 Å². The number of rotatable bonds is 3. The number of hydrogen-bond acceptors (Lipinski definition) is 7. The molecular weight excluding hydrogens is 312 g/mol. The fourth-order valence-corrected chi connectivity index (χ4v) is 4.12. The van der Waals surface area contributed by atoms with Crippen LogP contribution in [0.4, 0.5) is 0 Å². The molecule has 0 saturated heterocycles. The largest absolute Gasteiger partial charge is 0.365 e. The molecule has 0 aromatic carbocycles. The molecule has 3 rings (SSSR count). The monoisotopic (exact) mass is 321 g/mol. The van der Waals surface area contributed by atoms with Gasteiger partial charge in [0.2, 0.25) is 0 Å². The van der Waals surface area contributed by atoms with Crippen LogP contribution in [0.3, 0.4) is 0 Å². The SMILES string of the molecule is Cc1nc(-c2nc(-c3s[c]nc3C)cs2)c(C(N)=O)s1. The van der Waals surface area contributed by atoms with Crippen molar-refractivity contribution in [2.24, 2.45) is 5.73 Å². The molecule has 1 amide bonds. The van der Waals surface area contributed by atoms with E-state index in [-0.39, 0.29) is 0 Å². The van der Waals surface area contributed by atoms with Crippen LogP contribution in [0.5, 0.6) is 0 Å². The van der Waals surface area contributed by atoms with Crippen molar-refractivity contribution in [3.8, 4) is 21.3 Å². The molecule has 1 radical (unpaired) electrons. The number of hydrogen-bond donors (Lipinski definition) is 1. The average molecular weight is 321 g/mol. The zero-order chi connectivity index (χ0) is 14.3. The minimum Gasteiger partial charge on any atom is -0.365 e. The summed E-state index contributed by atoms with van der Waals surface area (Å²) in [5, 5.41) is 3.43. The molecule has 0 atom stereocenters. The van der Waals surface area contributed by atoms with Gasteiger partial charge in [-0.1, -0.05) is 0 Å². The first-order chi connectivity index (χ1) is 9.56. The Hall–Kier alpha value is -1.64. The van der Waals surface area contributed by atoms with Gasteiger partial charge >= 0.3 is 0 Å². The predicted octanol–water partition coefficient (Wildman–Crippen LogP) is 2.91. The van der Waals surface area contributed by atoms with Crippen molar-refractivity contribution in [2.45, 2.75) is 13.8 Å². The van der Waals surface area contributed by atoms with Crippen molar-refractivity contribution < 1.29 is 4.79 Å². The zero-order valence-corrected chi connectivity index (χ0v) is 13.1. The molecule has 0 unspecified atom stereocenters. The van der Waals surface area contributed by atoms with Crippen molar-refractivity contribution in [2.75, 3.05) is 0 Å². The molecule has 0 aliphatic heterocycles. The number of aryl methyl sites for hydroxylation is 2. The molecule has 3 aromatic heterocycles. The zero-order valence-electron chi connectivity index (χ0n) is 10.6. The highest BCUT2D eigenvalue weighted by atomic mass is 32.1. The first-order valence-corrected chi connectivity index (χ1v) is 8.14. The topological polar surface area (TPSA) is 81.8 Å². The fraction of sp³-hybridized carbons (Fsp3) is 0.167. The van der Waals surface area contributed by atoms with Gasteiger partial charge in [-0.05, 0) is 13.8 Å². The Morgan fingerprint density at radius 3 is 2.80 bits per heavy atom. The number of carbonyl (C=O) groups is 1. The van der Waals surface area contributed by atoms with E-state index < -0.39 is 5.91 Å². The number of thiazole rings is 3. The number of amides is 1. The lowest BCUT2D eigenvalue weighted by Crippen LogP contribution is -2.10. The fourth-order valence-electron chi connectivity index (χ4n) is 1.72. The van der Waals surface area contributed by atoms with Gasteiger partial charge in [0.05, 0.1) is 21.3 Å². The van der Waals surface area contributed by atoms with E-state index in [4.69, 9.17) is 5.73 Å². The van der Waals surface area contributed by atoms with Gasteiger partial charge in [-0.3, -0.25) is 4.79 Å². The smallest absolute Gasteiger partial charge is 0.261 e. The highest BCUT2D eigenvalue weighted by Gasteiger charge is 2.19. The van der Waals surface area contributed by atoms with Crippen molar-refractivity contribution in [1.29, 1.82) is 0 Å². The molecule has 20 heavy (non-hydrogen) atoms. The van der Waals surface area contributed by atoms with Crippen LogP contribution in [0.1, 0.15) is 20.4 Å². The van der Waals surface area contributed by atoms with E-state index in [1.165, 1.54) is 34.0 Å². The van der Waals surface area contributed by atoms with Gasteiger partial charge in [0, 0.05) is 5.38 Å². The molecule has 2 N–H and O–H groups in total. The van der Waals surface area contributed by atoms with Gasteiger partial charge in [-0.15, -0.1) is 34.0 Å². The Kier molecular flexibility index (Phi) is 3.36. The van der Waals surface area contributed by atoms with Gasteiger partial charge in [-0.2, -0.15) is 0 Å². The maximum atomic E-state index is 11.5. The Morgan fingerprint density at radius 2 is 2.15 bits per heavy atom. The average Bonchev–Trinajstić information content (AvgIpc) is 3.06. The first kappa shape index (κ1) is 13.3. The molecule has 101 valence electrons. The molecule has 0 aliphatic carbocycles. The van der Waals surface area contributed by atoms with Crippen molar-refractivity contribution in [3.05, 3.63) is 26.5 Å². The summed E-state index contributed by atoms with van der Waals surface area (Å²) < 4.78 is 0. The second kappa shape index (κ2) is 5.04. The van der Waals surface area contributed by atoms with E-state index in [2.05, 4.69) is 20.5 Å². The Balaban J connectivity index is 2.07. The number of nitrogens with two attached hydrogens (primary N) is 1. The second-order valence-corrected chi connectivity index (χ2v) is 6.89. The molecule has 8 heteroatoms. The van der Waals surface area contributed by atoms with E-state index in [9.17, 15) is 4.79 Å². The summed E-state index contributed by atoms with van der Waals surface area (Å²) in [5.74, 6) is -0.468. The van der Waals surface area contributed by atoms with Gasteiger partial charge in [0.25, 0.3) is 5.91 Å². The lowest BCUT2D eigenvalue weighted by Gasteiger charge is -1.94. The number of aromatic nitrogens is 3. The molecule has 3 heterocycles. The van der Waals surface area contributed by atoms with Crippen LogP contribution in [0.25, 0.3) is 21.3 Å². The van der Waals surface area contributed by atoms with E-state index in [0.717, 1.165) is 21.3 Å². The van der Waals surface area contributed by atoms with Crippen LogP contribution in [0.2, 0.25) is 0 Å². The normalized spacial score (nSPS) is 10.9. The van der Waals surface area contributed by atoms with Crippen LogP contribution in [-0.4, -0.2) is 20.9 Å². The maximum absolute atomic E-state index is 11.5. The molecular formula is C12H9N4OS3. The molecule has 0 saturated carbocycles. The van der Waals surface area contributed by atoms with Crippen molar-refractivity contribution >= 4 is 39.9 Å². The number of nitrogens with zero attached hydrogens (tertiary/aromatic N) is 3. The van der Waals surface area contributed by atoms with Crippen LogP contribution < -0.4 is 5.73 Å². The van der Waals surface area contributed by atoms with Gasteiger partial charge in [-0.25, -0.2) is 15.0 Å². The molecule has 0 spiro atoms. The summed E-state index contributed by atoms with van der Waals surface area (Å²) >= 11 is 4.16. The Morgan fingerprint density at radius 1 is 1.35 bits per heavy atom. The standard InChI is InChI=1S/C12H9N4OS3/c1-5-9(19-4-14-5)7-3-18-12(16-7)8-10(11(13)17)20-6(2)15-8/h3H,1-2H3,(H2,13,17). The van der Waals surface area contributed by atoms with Crippen LogP contribution >= 0.6 is 34.0 Å². The maximum Gasteiger partial charge on any atom is 0.261 e. The minimum absolute atomic E-state index is 0.455. The third-order valence-corrected chi connectivity index (χ3v) is 5.31. The van der Waals surface area contributed by atoms with Gasteiger partial charge in [0.15, 0.2) is 5.51 Å². The lowest BCUT2D eigenvalue weighted by atomic mass is 10.3. The third kappa shape index (κ3) is 2.26. The first-order valence-electron chi connectivity index (χ1n) is 5.63. The summed E-state index contributed by atoms with van der Waals surface area (Å²) in [6.45, 7) is 3.76. The van der Waals surface area contributed by atoms with E-state index in [1.807, 2.05) is 19.2 Å². The molecule has 3 aromatic rings. The minimum atomic E-state index is -0.468. The molecule has 5 nitrogen and oxygen atoms in total. The Labute approximate surface area is 127 Å². The predicted molar refractivity (Wildman–Crippen MR) is 81.2 cm³/mol. The molecule has 0 fully saturated rings. The van der Waals surface area contributed by atoms with Crippen LogP contribution in [0.15, 0.2) is 5.38 Å². The highest BCUT2D eigenvalue weighted by Crippen LogP contribution is 2.34. The summed E-state index contributed by atoms with van der Waals surface area (Å²) in [6, 6.07) is 0. The van der Waals surface area contributed by atoms with E-state index in [0.29, 0.717) is 15.6 Å². The number of primary amides is 1. The van der Waals surface area contributed by atoms with Crippen molar-refractivity contribution in [1.82, 2.24) is 15.0 Å². The van der Waals surface area contributed by atoms with Gasteiger partial charge in [0.1, 0.15) is 15.6 Å². The van der Waals surface area contributed by atoms with Crippen LogP contribution in [0, 0.1) is 19.4 Å². The van der Waals surface area contributed by atoms with E-state index >= 15 is 0 Å². The summed E-state index contributed by atoms with van der Waals surface area (Å²) in [7, 11) is 0. The summed E-state index contributed by atoms with van der Waals surface area (Å²) in [6.07, 6.45) is 0. The number of carbonyl (C=O) groups excluding carboxylic acids is 1. The quantitative estimate of drug-likeness (QED) is 0.804. The third-order valence-electron chi connectivity index (χ3n) is 2.59. The Bertz CT molecular complexity index is 786. The molecule has 0 aliphatic rings. The van der Waals surface area contributed by atoms with Crippen molar-refractivity contribution in [3.63, 3.8) is 0 Å². The highest BCUT2D eigenvalue weighted by molar-refractivity contribution is 7.17. The summed E-state index contributed by atoms with van der Waals surface area (Å²) in [4.78, 5) is 25.9. The second-order valence-electron chi connectivity index (χ2n) is 4.03. The van der Waals surface area contributed by atoms with E-state index in [1.54, 1.807) is 0 Å². The van der Waals surface area contributed by atoms with Crippen LogP contribution in [-0.2, 0) is 0 Å². The summed E-state index contributed by atoms with van der Waals surface area (Å²) in [5.41, 5.74) is 10.5. The molecule has 0 bridgehead atoms. The lowest BCUT2D eigenvalue weighted by molar-refractivity contribution is 0.100.